The first-order chi connectivity index (χ1) is 8.29. The molecule has 2 aromatic rings. The van der Waals surface area contributed by atoms with Gasteiger partial charge in [0.2, 0.25) is 5.95 Å². The lowest BCUT2D eigenvalue weighted by Crippen LogP contribution is -2.11. The van der Waals surface area contributed by atoms with Crippen molar-refractivity contribution in [1.82, 2.24) is 19.9 Å². The molecular weight excluding hydrogens is 218 g/mol. The number of hydrogen-bond donors (Lipinski definition) is 1. The number of carbonyl (C=O) groups excluding carboxylic acids is 1. The van der Waals surface area contributed by atoms with Gasteiger partial charge in [0.05, 0.1) is 23.5 Å². The summed E-state index contributed by atoms with van der Waals surface area (Å²) in [6, 6.07) is -0.0502. The molecule has 0 saturated heterocycles. The summed E-state index contributed by atoms with van der Waals surface area (Å²) < 4.78 is 0. The van der Waals surface area contributed by atoms with Crippen LogP contribution in [0.1, 0.15) is 29.0 Å². The minimum atomic E-state index is -0.0502. The molecule has 0 amide bonds. The fourth-order valence-corrected chi connectivity index (χ4v) is 1.28. The number of rotatable bonds is 4. The van der Waals surface area contributed by atoms with Crippen molar-refractivity contribution < 1.29 is 4.79 Å². The van der Waals surface area contributed by atoms with Gasteiger partial charge in [0.15, 0.2) is 6.29 Å². The molecule has 2 heterocycles. The fourth-order valence-electron chi connectivity index (χ4n) is 1.28. The van der Waals surface area contributed by atoms with Gasteiger partial charge < -0.3 is 5.32 Å². The standard InChI is InChI=1S/C11H11N5O/c1-8(10-6-12-2-3-13-10)16-11-14-4-9(7-17)5-15-11/h2-8H,1H3,(H,14,15,16)/t8-/m0/s1. The first kappa shape index (κ1) is 11.1. The van der Waals surface area contributed by atoms with Gasteiger partial charge in [0, 0.05) is 24.8 Å². The van der Waals surface area contributed by atoms with Crippen LogP contribution in [-0.2, 0) is 0 Å². The van der Waals surface area contributed by atoms with Gasteiger partial charge in [0.25, 0.3) is 0 Å². The van der Waals surface area contributed by atoms with Crippen molar-refractivity contribution in [2.24, 2.45) is 0 Å². The summed E-state index contributed by atoms with van der Waals surface area (Å²) in [7, 11) is 0. The van der Waals surface area contributed by atoms with Crippen molar-refractivity contribution in [2.75, 3.05) is 5.32 Å². The average molecular weight is 229 g/mol. The van der Waals surface area contributed by atoms with Crippen LogP contribution >= 0.6 is 0 Å². The van der Waals surface area contributed by atoms with Crippen molar-refractivity contribution in [2.45, 2.75) is 13.0 Å². The second-order valence-electron chi connectivity index (χ2n) is 3.45. The number of carbonyl (C=O) groups is 1. The Kier molecular flexibility index (Phi) is 3.34. The van der Waals surface area contributed by atoms with Crippen LogP contribution in [0, 0.1) is 0 Å². The molecule has 0 aromatic carbocycles. The zero-order valence-corrected chi connectivity index (χ0v) is 9.24. The number of aldehydes is 1. The Balaban J connectivity index is 2.07. The second-order valence-corrected chi connectivity index (χ2v) is 3.45. The molecule has 17 heavy (non-hydrogen) atoms. The number of aromatic nitrogens is 4. The van der Waals surface area contributed by atoms with Crippen LogP contribution in [0.2, 0.25) is 0 Å². The predicted molar refractivity (Wildman–Crippen MR) is 61.5 cm³/mol. The van der Waals surface area contributed by atoms with Crippen LogP contribution in [0.15, 0.2) is 31.0 Å². The second kappa shape index (κ2) is 5.11. The molecule has 2 aromatic heterocycles. The lowest BCUT2D eigenvalue weighted by Gasteiger charge is -2.12. The number of nitrogens with zero attached hydrogens (tertiary/aromatic N) is 4. The van der Waals surface area contributed by atoms with Crippen LogP contribution in [0.25, 0.3) is 0 Å². The lowest BCUT2D eigenvalue weighted by molar-refractivity contribution is 0.112. The van der Waals surface area contributed by atoms with Gasteiger partial charge in [0.1, 0.15) is 0 Å². The summed E-state index contributed by atoms with van der Waals surface area (Å²) in [6.45, 7) is 1.93. The Morgan fingerprint density at radius 2 is 1.94 bits per heavy atom. The largest absolute Gasteiger partial charge is 0.346 e. The first-order valence-electron chi connectivity index (χ1n) is 5.09. The minimum absolute atomic E-state index is 0.0502. The zero-order valence-electron chi connectivity index (χ0n) is 9.24. The molecule has 0 bridgehead atoms. The Morgan fingerprint density at radius 1 is 1.18 bits per heavy atom. The minimum Gasteiger partial charge on any atom is -0.346 e. The summed E-state index contributed by atoms with van der Waals surface area (Å²) >= 11 is 0. The SMILES string of the molecule is C[C@H](Nc1ncc(C=O)cn1)c1cnccn1. The van der Waals surface area contributed by atoms with Gasteiger partial charge in [-0.05, 0) is 6.92 Å². The fraction of sp³-hybridized carbons (Fsp3) is 0.182. The van der Waals surface area contributed by atoms with Gasteiger partial charge in [-0.2, -0.15) is 0 Å². The molecule has 0 spiro atoms. The van der Waals surface area contributed by atoms with Gasteiger partial charge in [-0.3, -0.25) is 14.8 Å². The predicted octanol–water partition coefficient (Wildman–Crippen LogP) is 1.25. The van der Waals surface area contributed by atoms with E-state index in [-0.39, 0.29) is 6.04 Å². The molecule has 2 rings (SSSR count). The maximum absolute atomic E-state index is 10.4. The summed E-state index contributed by atoms with van der Waals surface area (Å²) in [5, 5.41) is 3.07. The van der Waals surface area contributed by atoms with Crippen LogP contribution in [0.3, 0.4) is 0 Å². The molecule has 0 saturated carbocycles. The molecule has 0 fully saturated rings. The van der Waals surface area contributed by atoms with Gasteiger partial charge in [-0.15, -0.1) is 0 Å². The van der Waals surface area contributed by atoms with E-state index in [1.165, 1.54) is 12.4 Å². The van der Waals surface area contributed by atoms with E-state index in [0.717, 1.165) is 5.69 Å². The highest BCUT2D eigenvalue weighted by Gasteiger charge is 2.07. The van der Waals surface area contributed by atoms with Gasteiger partial charge in [-0.25, -0.2) is 9.97 Å². The van der Waals surface area contributed by atoms with E-state index in [1.807, 2.05) is 6.92 Å². The monoisotopic (exact) mass is 229 g/mol. The first-order valence-corrected chi connectivity index (χ1v) is 5.09. The normalized spacial score (nSPS) is 11.8. The number of nitrogens with one attached hydrogen (secondary N) is 1. The van der Waals surface area contributed by atoms with Crippen molar-refractivity contribution >= 4 is 12.2 Å². The van der Waals surface area contributed by atoms with Crippen molar-refractivity contribution in [3.05, 3.63) is 42.2 Å². The average Bonchev–Trinajstić information content (AvgIpc) is 2.40. The Bertz CT molecular complexity index is 485. The van der Waals surface area contributed by atoms with E-state index in [2.05, 4.69) is 25.3 Å². The van der Waals surface area contributed by atoms with Crippen molar-refractivity contribution in [3.63, 3.8) is 0 Å². The van der Waals surface area contributed by atoms with Crippen molar-refractivity contribution in [3.8, 4) is 0 Å². The van der Waals surface area contributed by atoms with Gasteiger partial charge in [-0.1, -0.05) is 0 Å². The topological polar surface area (TPSA) is 80.7 Å². The van der Waals surface area contributed by atoms with Crippen molar-refractivity contribution in [1.29, 1.82) is 0 Å². The van der Waals surface area contributed by atoms with E-state index in [1.54, 1.807) is 18.6 Å². The van der Waals surface area contributed by atoms with E-state index >= 15 is 0 Å². The van der Waals surface area contributed by atoms with E-state index < -0.39 is 0 Å². The Morgan fingerprint density at radius 3 is 2.53 bits per heavy atom. The number of hydrogen-bond acceptors (Lipinski definition) is 6. The molecule has 86 valence electrons. The third kappa shape index (κ3) is 2.81. The van der Waals surface area contributed by atoms with Gasteiger partial charge >= 0.3 is 0 Å². The number of anilines is 1. The smallest absolute Gasteiger partial charge is 0.223 e. The van der Waals surface area contributed by atoms with E-state index in [0.29, 0.717) is 17.8 Å². The molecular formula is C11H11N5O. The molecule has 0 aliphatic rings. The highest BCUT2D eigenvalue weighted by molar-refractivity contribution is 5.73. The summed E-state index contributed by atoms with van der Waals surface area (Å²) in [4.78, 5) is 26.6. The highest BCUT2D eigenvalue weighted by atomic mass is 16.1. The maximum atomic E-state index is 10.4. The third-order valence-electron chi connectivity index (χ3n) is 2.18. The lowest BCUT2D eigenvalue weighted by atomic mass is 10.2. The van der Waals surface area contributed by atoms with Crippen LogP contribution in [-0.4, -0.2) is 26.2 Å². The molecule has 1 N–H and O–H groups in total. The summed E-state index contributed by atoms with van der Waals surface area (Å²) in [5.74, 6) is 0.453. The third-order valence-corrected chi connectivity index (χ3v) is 2.18. The molecule has 0 radical (unpaired) electrons. The molecule has 6 nitrogen and oxygen atoms in total. The molecule has 0 aliphatic heterocycles. The van der Waals surface area contributed by atoms with E-state index in [4.69, 9.17) is 0 Å². The maximum Gasteiger partial charge on any atom is 0.223 e. The van der Waals surface area contributed by atoms with Crippen LogP contribution in [0.4, 0.5) is 5.95 Å². The molecule has 0 unspecified atom stereocenters. The van der Waals surface area contributed by atoms with Crippen LogP contribution in [0.5, 0.6) is 0 Å². The summed E-state index contributed by atoms with van der Waals surface area (Å²) in [5.41, 5.74) is 1.25. The Labute approximate surface area is 98.2 Å². The molecule has 1 atom stereocenters. The molecule has 6 heteroatoms. The Hall–Kier alpha value is -2.37. The van der Waals surface area contributed by atoms with Crippen LogP contribution < -0.4 is 5.32 Å². The quantitative estimate of drug-likeness (QED) is 0.795. The summed E-state index contributed by atoms with van der Waals surface area (Å²) in [6.07, 6.45) is 8.56. The zero-order chi connectivity index (χ0) is 12.1. The molecule has 0 aliphatic carbocycles. The van der Waals surface area contributed by atoms with E-state index in [9.17, 15) is 4.79 Å². The highest BCUT2D eigenvalue weighted by Crippen LogP contribution is 2.12.